The molecule has 0 N–H and O–H groups in total. The SMILES string of the molecule is COCC1CCN(c2nnc(Cc3ccc(F)cc3)s2)CC1. The van der Waals surface area contributed by atoms with Gasteiger partial charge in [-0.3, -0.25) is 0 Å². The van der Waals surface area contributed by atoms with Crippen molar-refractivity contribution in [2.45, 2.75) is 19.3 Å². The number of aromatic nitrogens is 2. The van der Waals surface area contributed by atoms with E-state index in [1.54, 1.807) is 30.6 Å². The maximum atomic E-state index is 12.9. The van der Waals surface area contributed by atoms with Crippen molar-refractivity contribution in [1.82, 2.24) is 10.2 Å². The highest BCUT2D eigenvalue weighted by Crippen LogP contribution is 2.27. The summed E-state index contributed by atoms with van der Waals surface area (Å²) in [6, 6.07) is 6.56. The number of methoxy groups -OCH3 is 1. The number of piperidine rings is 1. The molecule has 0 bridgehead atoms. The van der Waals surface area contributed by atoms with Gasteiger partial charge in [0, 0.05) is 33.2 Å². The van der Waals surface area contributed by atoms with Gasteiger partial charge in [0.1, 0.15) is 10.8 Å². The van der Waals surface area contributed by atoms with E-state index in [9.17, 15) is 4.39 Å². The predicted molar refractivity (Wildman–Crippen MR) is 85.9 cm³/mol. The normalized spacial score (nSPS) is 16.2. The van der Waals surface area contributed by atoms with E-state index < -0.39 is 0 Å². The molecule has 0 spiro atoms. The van der Waals surface area contributed by atoms with Crippen LogP contribution in [0.5, 0.6) is 0 Å². The summed E-state index contributed by atoms with van der Waals surface area (Å²) in [4.78, 5) is 2.30. The molecular weight excluding hydrogens is 301 g/mol. The van der Waals surface area contributed by atoms with Crippen molar-refractivity contribution in [3.8, 4) is 0 Å². The first-order chi connectivity index (χ1) is 10.7. The third-order valence-corrected chi connectivity index (χ3v) is 5.00. The van der Waals surface area contributed by atoms with Crippen LogP contribution in [0.15, 0.2) is 24.3 Å². The average molecular weight is 321 g/mol. The summed E-state index contributed by atoms with van der Waals surface area (Å²) in [7, 11) is 1.76. The van der Waals surface area contributed by atoms with Crippen molar-refractivity contribution in [2.75, 3.05) is 31.7 Å². The third-order valence-electron chi connectivity index (χ3n) is 4.01. The Morgan fingerprint density at radius 2 is 1.95 bits per heavy atom. The van der Waals surface area contributed by atoms with Gasteiger partial charge < -0.3 is 9.64 Å². The fourth-order valence-electron chi connectivity index (χ4n) is 2.75. The molecule has 118 valence electrons. The predicted octanol–water partition coefficient (Wildman–Crippen LogP) is 3.13. The minimum atomic E-state index is -0.208. The quantitative estimate of drug-likeness (QED) is 0.848. The smallest absolute Gasteiger partial charge is 0.208 e. The van der Waals surface area contributed by atoms with Crippen molar-refractivity contribution >= 4 is 16.5 Å². The van der Waals surface area contributed by atoms with Gasteiger partial charge in [-0.25, -0.2) is 4.39 Å². The standard InChI is InChI=1S/C16H20FN3OS/c1-21-11-13-6-8-20(9-7-13)16-19-18-15(22-16)10-12-2-4-14(17)5-3-12/h2-5,13H,6-11H2,1H3. The molecule has 4 nitrogen and oxygen atoms in total. The van der Waals surface area contributed by atoms with Crippen LogP contribution in [0.25, 0.3) is 0 Å². The molecule has 6 heteroatoms. The number of ether oxygens (including phenoxy) is 1. The first-order valence-corrected chi connectivity index (χ1v) is 8.37. The number of hydrogen-bond donors (Lipinski definition) is 0. The fourth-order valence-corrected chi connectivity index (χ4v) is 3.67. The van der Waals surface area contributed by atoms with Gasteiger partial charge in [-0.15, -0.1) is 10.2 Å². The molecule has 1 aromatic carbocycles. The van der Waals surface area contributed by atoms with Gasteiger partial charge in [0.2, 0.25) is 5.13 Å². The van der Waals surface area contributed by atoms with Gasteiger partial charge in [0.25, 0.3) is 0 Å². The molecule has 0 radical (unpaired) electrons. The Bertz CT molecular complexity index is 594. The number of nitrogens with zero attached hydrogens (tertiary/aromatic N) is 3. The Morgan fingerprint density at radius 3 is 2.64 bits per heavy atom. The zero-order chi connectivity index (χ0) is 15.4. The summed E-state index contributed by atoms with van der Waals surface area (Å²) in [5.74, 6) is 0.452. The summed E-state index contributed by atoms with van der Waals surface area (Å²) in [5.41, 5.74) is 1.06. The van der Waals surface area contributed by atoms with Crippen molar-refractivity contribution in [1.29, 1.82) is 0 Å². The summed E-state index contributed by atoms with van der Waals surface area (Å²) in [5, 5.41) is 10.6. The summed E-state index contributed by atoms with van der Waals surface area (Å²) >= 11 is 1.63. The maximum Gasteiger partial charge on any atom is 0.208 e. The molecule has 0 amide bonds. The molecular formula is C16H20FN3OS. The molecule has 1 aromatic heterocycles. The highest BCUT2D eigenvalue weighted by atomic mass is 32.1. The second-order valence-corrected chi connectivity index (χ2v) is 6.71. The monoisotopic (exact) mass is 321 g/mol. The first-order valence-electron chi connectivity index (χ1n) is 7.55. The van der Waals surface area contributed by atoms with Crippen molar-refractivity contribution in [3.05, 3.63) is 40.7 Å². The molecule has 2 heterocycles. The number of halogens is 1. The van der Waals surface area contributed by atoms with E-state index in [-0.39, 0.29) is 5.82 Å². The molecule has 1 aliphatic heterocycles. The van der Waals surface area contributed by atoms with Crippen LogP contribution < -0.4 is 4.90 Å². The number of rotatable bonds is 5. The number of anilines is 1. The zero-order valence-corrected chi connectivity index (χ0v) is 13.5. The molecule has 22 heavy (non-hydrogen) atoms. The molecule has 0 saturated carbocycles. The van der Waals surface area contributed by atoms with E-state index in [1.807, 2.05) is 0 Å². The Labute approximate surface area is 133 Å². The van der Waals surface area contributed by atoms with Gasteiger partial charge in [-0.05, 0) is 36.5 Å². The largest absolute Gasteiger partial charge is 0.384 e. The van der Waals surface area contributed by atoms with Crippen molar-refractivity contribution < 1.29 is 9.13 Å². The van der Waals surface area contributed by atoms with Crippen LogP contribution in [0.2, 0.25) is 0 Å². The lowest BCUT2D eigenvalue weighted by atomic mass is 9.98. The maximum absolute atomic E-state index is 12.9. The van der Waals surface area contributed by atoms with Crippen LogP contribution in [0.4, 0.5) is 9.52 Å². The highest BCUT2D eigenvalue weighted by molar-refractivity contribution is 7.15. The number of benzene rings is 1. The minimum Gasteiger partial charge on any atom is -0.384 e. The third kappa shape index (κ3) is 3.81. The molecule has 0 aliphatic carbocycles. The van der Waals surface area contributed by atoms with Crippen molar-refractivity contribution in [2.24, 2.45) is 5.92 Å². The van der Waals surface area contributed by atoms with Crippen LogP contribution >= 0.6 is 11.3 Å². The topological polar surface area (TPSA) is 38.2 Å². The van der Waals surface area contributed by atoms with Gasteiger partial charge in [-0.2, -0.15) is 0 Å². The fraction of sp³-hybridized carbons (Fsp3) is 0.500. The molecule has 0 atom stereocenters. The Balaban J connectivity index is 1.58. The minimum absolute atomic E-state index is 0.208. The Morgan fingerprint density at radius 1 is 1.23 bits per heavy atom. The lowest BCUT2D eigenvalue weighted by molar-refractivity contribution is 0.139. The lowest BCUT2D eigenvalue weighted by Crippen LogP contribution is -2.34. The van der Waals surface area contributed by atoms with Gasteiger partial charge >= 0.3 is 0 Å². The highest BCUT2D eigenvalue weighted by Gasteiger charge is 2.21. The van der Waals surface area contributed by atoms with E-state index in [0.717, 1.165) is 48.2 Å². The van der Waals surface area contributed by atoms with Crippen LogP contribution in [-0.4, -0.2) is 37.0 Å². The van der Waals surface area contributed by atoms with Crippen LogP contribution in [0, 0.1) is 11.7 Å². The second-order valence-electron chi connectivity index (χ2n) is 5.67. The van der Waals surface area contributed by atoms with E-state index in [1.165, 1.54) is 12.1 Å². The van der Waals surface area contributed by atoms with Gasteiger partial charge in [0.05, 0.1) is 0 Å². The number of hydrogen-bond acceptors (Lipinski definition) is 5. The molecule has 1 aliphatic rings. The van der Waals surface area contributed by atoms with E-state index in [0.29, 0.717) is 12.3 Å². The van der Waals surface area contributed by atoms with Gasteiger partial charge in [-0.1, -0.05) is 23.5 Å². The average Bonchev–Trinajstić information content (AvgIpc) is 2.99. The molecule has 0 unspecified atom stereocenters. The van der Waals surface area contributed by atoms with Crippen LogP contribution in [0.1, 0.15) is 23.4 Å². The summed E-state index contributed by atoms with van der Waals surface area (Å²) in [6.45, 7) is 2.87. The van der Waals surface area contributed by atoms with Crippen LogP contribution in [-0.2, 0) is 11.2 Å². The molecule has 2 aromatic rings. The first kappa shape index (κ1) is 15.4. The molecule has 3 rings (SSSR count). The lowest BCUT2D eigenvalue weighted by Gasteiger charge is -2.30. The Kier molecular flexibility index (Phi) is 5.00. The molecule has 1 fully saturated rings. The van der Waals surface area contributed by atoms with E-state index >= 15 is 0 Å². The van der Waals surface area contributed by atoms with Crippen molar-refractivity contribution in [3.63, 3.8) is 0 Å². The Hall–Kier alpha value is -1.53. The molecule has 1 saturated heterocycles. The van der Waals surface area contributed by atoms with E-state index in [4.69, 9.17) is 4.74 Å². The summed E-state index contributed by atoms with van der Waals surface area (Å²) < 4.78 is 18.1. The van der Waals surface area contributed by atoms with Gasteiger partial charge in [0.15, 0.2) is 0 Å². The van der Waals surface area contributed by atoms with E-state index in [2.05, 4.69) is 15.1 Å². The zero-order valence-electron chi connectivity index (χ0n) is 12.7. The summed E-state index contributed by atoms with van der Waals surface area (Å²) in [6.07, 6.45) is 2.99. The van der Waals surface area contributed by atoms with Crippen LogP contribution in [0.3, 0.4) is 0 Å². The second kappa shape index (κ2) is 7.15.